The van der Waals surface area contributed by atoms with Gasteiger partial charge in [-0.3, -0.25) is 4.57 Å². The molecule has 0 aliphatic heterocycles. The van der Waals surface area contributed by atoms with Crippen molar-refractivity contribution in [3.63, 3.8) is 0 Å². The van der Waals surface area contributed by atoms with Gasteiger partial charge in [-0.25, -0.2) is 23.9 Å². The molecule has 4 rings (SSSR count). The third-order valence-corrected chi connectivity index (χ3v) is 5.33. The summed E-state index contributed by atoms with van der Waals surface area (Å²) in [7, 11) is 0. The van der Waals surface area contributed by atoms with Gasteiger partial charge in [0.2, 0.25) is 11.8 Å². The highest BCUT2D eigenvalue weighted by Crippen LogP contribution is 2.23. The lowest BCUT2D eigenvalue weighted by molar-refractivity contribution is 0.0689. The van der Waals surface area contributed by atoms with E-state index in [-0.39, 0.29) is 30.6 Å². The first kappa shape index (κ1) is 24.4. The number of hydrogen-bond donors (Lipinski definition) is 2. The molecule has 184 valence electrons. The van der Waals surface area contributed by atoms with Crippen molar-refractivity contribution in [2.24, 2.45) is 0 Å². The lowest BCUT2D eigenvalue weighted by Crippen LogP contribution is -2.42. The molecule has 0 amide bonds. The van der Waals surface area contributed by atoms with E-state index in [1.165, 1.54) is 10.6 Å². The summed E-state index contributed by atoms with van der Waals surface area (Å²) in [6, 6.07) is 18.9. The molecule has 4 aromatic rings. The Bertz CT molecular complexity index is 1490. The van der Waals surface area contributed by atoms with Gasteiger partial charge in [0.15, 0.2) is 5.69 Å². The molecule has 2 N–H and O–H groups in total. The zero-order valence-corrected chi connectivity index (χ0v) is 19.8. The van der Waals surface area contributed by atoms with Crippen LogP contribution in [0, 0.1) is 6.92 Å². The quantitative estimate of drug-likeness (QED) is 0.365. The number of anilines is 2. The molecule has 0 aliphatic carbocycles. The van der Waals surface area contributed by atoms with Crippen LogP contribution in [0.5, 0.6) is 11.6 Å². The molecule has 0 radical (unpaired) electrons. The number of aromatic carboxylic acids is 1. The van der Waals surface area contributed by atoms with Gasteiger partial charge in [0.05, 0.1) is 6.54 Å². The maximum atomic E-state index is 13.2. The normalized spacial score (nSPS) is 10.7. The van der Waals surface area contributed by atoms with Crippen molar-refractivity contribution < 1.29 is 14.6 Å². The third kappa shape index (κ3) is 5.66. The van der Waals surface area contributed by atoms with Crippen molar-refractivity contribution in [1.82, 2.24) is 19.1 Å². The lowest BCUT2D eigenvalue weighted by atomic mass is 10.1. The van der Waals surface area contributed by atoms with E-state index in [9.17, 15) is 14.4 Å². The van der Waals surface area contributed by atoms with E-state index in [0.29, 0.717) is 17.9 Å². The van der Waals surface area contributed by atoms with Crippen LogP contribution in [0.25, 0.3) is 0 Å². The number of rotatable bonds is 9. The number of aromatic nitrogens is 4. The first-order chi connectivity index (χ1) is 17.3. The Kier molecular flexibility index (Phi) is 7.24. The van der Waals surface area contributed by atoms with Gasteiger partial charge in [0.1, 0.15) is 5.75 Å². The number of carbonyl (C=O) groups is 1. The maximum Gasteiger partial charge on any atom is 0.354 e. The number of nitrogens with one attached hydrogen (secondary N) is 1. The van der Waals surface area contributed by atoms with Crippen LogP contribution in [0.1, 0.15) is 35.0 Å². The summed E-state index contributed by atoms with van der Waals surface area (Å²) in [5, 5.41) is 12.1. The fraction of sp³-hybridized carbons (Fsp3) is 0.192. The lowest BCUT2D eigenvalue weighted by Gasteiger charge is -2.16. The molecule has 0 fully saturated rings. The van der Waals surface area contributed by atoms with Crippen molar-refractivity contribution in [3.8, 4) is 11.6 Å². The minimum Gasteiger partial charge on any atom is -0.477 e. The summed E-state index contributed by atoms with van der Waals surface area (Å²) in [5.74, 6) is -0.449. The van der Waals surface area contributed by atoms with Crippen LogP contribution >= 0.6 is 0 Å². The molecule has 0 spiro atoms. The topological polar surface area (TPSA) is 128 Å². The van der Waals surface area contributed by atoms with Gasteiger partial charge in [0, 0.05) is 18.3 Å². The van der Waals surface area contributed by atoms with Crippen molar-refractivity contribution in [2.75, 3.05) is 5.32 Å². The van der Waals surface area contributed by atoms with Crippen LogP contribution in [0.15, 0.2) is 76.3 Å². The second-order valence-corrected chi connectivity index (χ2v) is 8.14. The average molecular weight is 488 g/mol. The molecule has 0 saturated heterocycles. The second-order valence-electron chi connectivity index (χ2n) is 8.14. The van der Waals surface area contributed by atoms with Crippen LogP contribution in [0.4, 0.5) is 11.6 Å². The van der Waals surface area contributed by atoms with E-state index in [2.05, 4.69) is 15.3 Å². The van der Waals surface area contributed by atoms with Gasteiger partial charge in [-0.15, -0.1) is 0 Å². The number of pyridine rings is 1. The number of ether oxygens (including phenoxy) is 1. The molecule has 36 heavy (non-hydrogen) atoms. The van der Waals surface area contributed by atoms with Gasteiger partial charge in [-0.05, 0) is 49.2 Å². The summed E-state index contributed by atoms with van der Waals surface area (Å²) in [4.78, 5) is 44.9. The number of carboxylic acid groups (broad SMARTS) is 1. The molecular weight excluding hydrogens is 462 g/mol. The first-order valence-corrected chi connectivity index (χ1v) is 11.4. The molecule has 0 unspecified atom stereocenters. The molecule has 10 heteroatoms. The van der Waals surface area contributed by atoms with Crippen LogP contribution in [0.3, 0.4) is 0 Å². The number of aryl methyl sites for hydroxylation is 1. The van der Waals surface area contributed by atoms with Gasteiger partial charge >= 0.3 is 17.3 Å². The Balaban J connectivity index is 1.61. The first-order valence-electron chi connectivity index (χ1n) is 11.4. The minimum atomic E-state index is -1.15. The summed E-state index contributed by atoms with van der Waals surface area (Å²) >= 11 is 0. The molecular formula is C26H25N5O5. The largest absolute Gasteiger partial charge is 0.477 e. The molecule has 0 bridgehead atoms. The van der Waals surface area contributed by atoms with Crippen LogP contribution in [0.2, 0.25) is 0 Å². The predicted molar refractivity (Wildman–Crippen MR) is 134 cm³/mol. The molecule has 2 aromatic heterocycles. The van der Waals surface area contributed by atoms with Crippen molar-refractivity contribution in [1.29, 1.82) is 0 Å². The van der Waals surface area contributed by atoms with Gasteiger partial charge in [-0.1, -0.05) is 42.8 Å². The number of carboxylic acids is 1. The molecule has 0 atom stereocenters. The second kappa shape index (κ2) is 10.7. The van der Waals surface area contributed by atoms with Crippen molar-refractivity contribution in [2.45, 2.75) is 33.4 Å². The van der Waals surface area contributed by atoms with E-state index in [4.69, 9.17) is 9.84 Å². The molecule has 10 nitrogen and oxygen atoms in total. The van der Waals surface area contributed by atoms with Crippen LogP contribution < -0.4 is 21.4 Å². The molecule has 0 aliphatic rings. The predicted octanol–water partition coefficient (Wildman–Crippen LogP) is 3.80. The summed E-state index contributed by atoms with van der Waals surface area (Å²) in [6.45, 7) is 4.39. The minimum absolute atomic E-state index is 0.124. The van der Waals surface area contributed by atoms with Gasteiger partial charge in [-0.2, -0.15) is 4.98 Å². The summed E-state index contributed by atoms with van der Waals surface area (Å²) in [5.41, 5.74) is 1.39. The van der Waals surface area contributed by atoms with E-state index in [0.717, 1.165) is 15.7 Å². The SMILES string of the molecule is CCCn1c(=O)nc(Nc2ccc(Oc3cccc(C(=O)O)n3)cc2)n(Cc2ccc(C)cc2)c1=O. The Morgan fingerprint density at radius 1 is 0.972 bits per heavy atom. The standard InChI is InChI=1S/C26H25N5O5/c1-3-15-30-25(34)29-24(31(26(30)35)16-18-9-7-17(2)8-10-18)27-19-11-13-20(14-12-19)36-22-6-4-5-21(28-22)23(32)33/h4-14H,3,15-16H2,1-2H3,(H,32,33)(H,27,29,34). The Morgan fingerprint density at radius 3 is 2.36 bits per heavy atom. The number of nitrogens with zero attached hydrogens (tertiary/aromatic N) is 4. The Labute approximate surface area is 206 Å². The molecule has 0 saturated carbocycles. The van der Waals surface area contributed by atoms with Crippen molar-refractivity contribution in [3.05, 3.63) is 105 Å². The Hall–Kier alpha value is -4.73. The van der Waals surface area contributed by atoms with Gasteiger partial charge in [0.25, 0.3) is 0 Å². The van der Waals surface area contributed by atoms with E-state index >= 15 is 0 Å². The zero-order chi connectivity index (χ0) is 25.7. The van der Waals surface area contributed by atoms with E-state index in [1.54, 1.807) is 36.4 Å². The maximum absolute atomic E-state index is 13.2. The smallest absolute Gasteiger partial charge is 0.354 e. The molecule has 2 aromatic carbocycles. The van der Waals surface area contributed by atoms with E-state index < -0.39 is 17.3 Å². The highest BCUT2D eigenvalue weighted by molar-refractivity contribution is 5.85. The van der Waals surface area contributed by atoms with Crippen LogP contribution in [-0.4, -0.2) is 30.2 Å². The van der Waals surface area contributed by atoms with E-state index in [1.807, 2.05) is 38.1 Å². The molecule has 2 heterocycles. The third-order valence-electron chi connectivity index (χ3n) is 5.33. The monoisotopic (exact) mass is 487 g/mol. The highest BCUT2D eigenvalue weighted by atomic mass is 16.5. The summed E-state index contributed by atoms with van der Waals surface area (Å²) in [6.07, 6.45) is 0.625. The number of hydrogen-bond acceptors (Lipinski definition) is 7. The fourth-order valence-corrected chi connectivity index (χ4v) is 3.51. The average Bonchev–Trinajstić information content (AvgIpc) is 2.86. The highest BCUT2D eigenvalue weighted by Gasteiger charge is 2.14. The number of benzene rings is 2. The summed E-state index contributed by atoms with van der Waals surface area (Å²) < 4.78 is 8.21. The van der Waals surface area contributed by atoms with Crippen molar-refractivity contribution >= 4 is 17.6 Å². The Morgan fingerprint density at radius 2 is 1.69 bits per heavy atom. The van der Waals surface area contributed by atoms with Gasteiger partial charge < -0.3 is 15.2 Å². The van der Waals surface area contributed by atoms with Crippen LogP contribution in [-0.2, 0) is 13.1 Å². The fourth-order valence-electron chi connectivity index (χ4n) is 3.51. The zero-order valence-electron chi connectivity index (χ0n) is 19.8.